The molecule has 0 amide bonds. The second-order valence-electron chi connectivity index (χ2n) is 7.21. The highest BCUT2D eigenvalue weighted by molar-refractivity contribution is 5.51. The number of aromatic amines is 3. The van der Waals surface area contributed by atoms with Gasteiger partial charge in [-0.25, -0.2) is 4.98 Å². The maximum absolute atomic E-state index is 12.5. The molecular formula is C20H22N4O3. The average molecular weight is 366 g/mol. The Hall–Kier alpha value is -3.35. The molecule has 140 valence electrons. The lowest BCUT2D eigenvalue weighted by Gasteiger charge is -2.16. The number of hydrogen-bond acceptors (Lipinski definition) is 4. The van der Waals surface area contributed by atoms with Gasteiger partial charge in [0.2, 0.25) is 0 Å². The summed E-state index contributed by atoms with van der Waals surface area (Å²) in [4.78, 5) is 37.5. The molecule has 2 aromatic heterocycles. The van der Waals surface area contributed by atoms with Crippen LogP contribution in [-0.2, 0) is 5.41 Å². The monoisotopic (exact) mass is 366 g/mol. The Morgan fingerprint density at radius 2 is 1.70 bits per heavy atom. The van der Waals surface area contributed by atoms with Crippen molar-refractivity contribution in [1.82, 2.24) is 19.9 Å². The van der Waals surface area contributed by atoms with Crippen molar-refractivity contribution in [2.75, 3.05) is 7.11 Å². The van der Waals surface area contributed by atoms with Crippen LogP contribution in [0, 0.1) is 0 Å². The van der Waals surface area contributed by atoms with Crippen molar-refractivity contribution in [3.8, 4) is 5.75 Å². The van der Waals surface area contributed by atoms with Crippen molar-refractivity contribution < 1.29 is 4.74 Å². The van der Waals surface area contributed by atoms with Crippen LogP contribution >= 0.6 is 0 Å². The highest BCUT2D eigenvalue weighted by Gasteiger charge is 2.19. The van der Waals surface area contributed by atoms with E-state index in [1.54, 1.807) is 37.7 Å². The minimum Gasteiger partial charge on any atom is -0.497 e. The van der Waals surface area contributed by atoms with Crippen molar-refractivity contribution in [1.29, 1.82) is 0 Å². The normalized spacial score (nSPS) is 13.2. The minimum atomic E-state index is -0.397. The van der Waals surface area contributed by atoms with Gasteiger partial charge in [-0.2, -0.15) is 0 Å². The molecule has 0 saturated heterocycles. The Morgan fingerprint density at radius 1 is 1.04 bits per heavy atom. The third-order valence-corrected chi connectivity index (χ3v) is 4.09. The first kappa shape index (κ1) is 18.4. The second kappa shape index (κ2) is 7.11. The van der Waals surface area contributed by atoms with Crippen LogP contribution in [0.3, 0.4) is 0 Å². The molecule has 0 fully saturated rings. The molecule has 0 unspecified atom stereocenters. The topological polar surface area (TPSA) is 104 Å². The zero-order valence-corrected chi connectivity index (χ0v) is 15.7. The largest absolute Gasteiger partial charge is 0.497 e. The average Bonchev–Trinajstić information content (AvgIpc) is 3.08. The molecule has 1 aromatic carbocycles. The van der Waals surface area contributed by atoms with E-state index in [2.05, 4.69) is 19.9 Å². The lowest BCUT2D eigenvalue weighted by Crippen LogP contribution is -2.46. The van der Waals surface area contributed by atoms with Gasteiger partial charge in [0.15, 0.2) is 0 Å². The lowest BCUT2D eigenvalue weighted by atomic mass is 9.90. The van der Waals surface area contributed by atoms with Gasteiger partial charge in [-0.15, -0.1) is 0 Å². The summed E-state index contributed by atoms with van der Waals surface area (Å²) in [6.45, 7) is 6.12. The van der Waals surface area contributed by atoms with Crippen LogP contribution in [0.25, 0.3) is 12.2 Å². The SMILES string of the molecule is COc1cccc(C=c2[nH]c(=O)c(=Cc3nc[nH]c3C(C)(C)C)[nH]c2=O)c1. The molecule has 3 N–H and O–H groups in total. The Morgan fingerprint density at radius 3 is 2.33 bits per heavy atom. The number of methoxy groups -OCH3 is 1. The molecule has 0 atom stereocenters. The Balaban J connectivity index is 2.12. The molecule has 0 spiro atoms. The fourth-order valence-electron chi connectivity index (χ4n) is 2.75. The summed E-state index contributed by atoms with van der Waals surface area (Å²) in [5.41, 5.74) is 1.29. The Kier molecular flexibility index (Phi) is 4.85. The fourth-order valence-corrected chi connectivity index (χ4v) is 2.75. The van der Waals surface area contributed by atoms with E-state index in [0.29, 0.717) is 11.4 Å². The second-order valence-corrected chi connectivity index (χ2v) is 7.21. The maximum Gasteiger partial charge on any atom is 0.272 e. The number of nitrogens with zero attached hydrogens (tertiary/aromatic N) is 1. The number of imidazole rings is 1. The van der Waals surface area contributed by atoms with Crippen molar-refractivity contribution in [2.24, 2.45) is 0 Å². The highest BCUT2D eigenvalue weighted by atomic mass is 16.5. The van der Waals surface area contributed by atoms with Crippen molar-refractivity contribution >= 4 is 12.2 Å². The van der Waals surface area contributed by atoms with Gasteiger partial charge in [0.25, 0.3) is 11.1 Å². The molecule has 27 heavy (non-hydrogen) atoms. The third-order valence-electron chi connectivity index (χ3n) is 4.09. The van der Waals surface area contributed by atoms with E-state index < -0.39 is 11.1 Å². The fraction of sp³-hybridized carbons (Fsp3) is 0.250. The summed E-state index contributed by atoms with van der Waals surface area (Å²) in [6, 6.07) is 7.21. The molecule has 3 aromatic rings. The standard InChI is InChI=1S/C20H22N4O3/c1-20(2,3)17-14(21-11-22-17)10-16-19(26)23-15(18(25)24-16)9-12-6-5-7-13(8-12)27-4/h5-11H,1-4H3,(H,21,22)(H,23,26)(H,24,25). The van der Waals surface area contributed by atoms with Crippen LogP contribution in [0.15, 0.2) is 40.2 Å². The molecule has 0 aliphatic carbocycles. The van der Waals surface area contributed by atoms with Gasteiger partial charge < -0.3 is 19.7 Å². The van der Waals surface area contributed by atoms with Gasteiger partial charge in [0.1, 0.15) is 16.4 Å². The molecule has 3 rings (SSSR count). The Labute approximate surface area is 155 Å². The van der Waals surface area contributed by atoms with E-state index in [0.717, 1.165) is 11.3 Å². The first-order chi connectivity index (χ1) is 12.8. The molecule has 0 aliphatic heterocycles. The van der Waals surface area contributed by atoms with Crippen LogP contribution in [0.2, 0.25) is 0 Å². The van der Waals surface area contributed by atoms with Crippen molar-refractivity contribution in [2.45, 2.75) is 26.2 Å². The minimum absolute atomic E-state index is 0.153. The number of nitrogens with one attached hydrogen (secondary N) is 3. The van der Waals surface area contributed by atoms with Gasteiger partial charge in [-0.1, -0.05) is 32.9 Å². The van der Waals surface area contributed by atoms with Gasteiger partial charge in [-0.05, 0) is 29.8 Å². The summed E-state index contributed by atoms with van der Waals surface area (Å²) < 4.78 is 5.17. The third kappa shape index (κ3) is 4.08. The number of aromatic nitrogens is 4. The molecule has 0 bridgehead atoms. The van der Waals surface area contributed by atoms with E-state index in [9.17, 15) is 9.59 Å². The van der Waals surface area contributed by atoms with Crippen LogP contribution in [-0.4, -0.2) is 27.0 Å². The number of rotatable bonds is 3. The van der Waals surface area contributed by atoms with Gasteiger partial charge in [-0.3, -0.25) is 9.59 Å². The molecule has 0 radical (unpaired) electrons. The van der Waals surface area contributed by atoms with Crippen molar-refractivity contribution in [3.05, 3.63) is 78.9 Å². The first-order valence-corrected chi connectivity index (χ1v) is 8.52. The number of hydrogen-bond donors (Lipinski definition) is 3. The highest BCUT2D eigenvalue weighted by Crippen LogP contribution is 2.22. The quantitative estimate of drug-likeness (QED) is 0.636. The molecule has 7 heteroatoms. The van der Waals surface area contributed by atoms with Gasteiger partial charge >= 0.3 is 0 Å². The van der Waals surface area contributed by atoms with E-state index in [-0.39, 0.29) is 16.1 Å². The van der Waals surface area contributed by atoms with E-state index in [1.165, 1.54) is 0 Å². The van der Waals surface area contributed by atoms with E-state index in [1.807, 2.05) is 32.9 Å². The lowest BCUT2D eigenvalue weighted by molar-refractivity contribution is 0.414. The maximum atomic E-state index is 12.5. The van der Waals surface area contributed by atoms with Gasteiger partial charge in [0.05, 0.1) is 19.1 Å². The predicted molar refractivity (Wildman–Crippen MR) is 104 cm³/mol. The summed E-state index contributed by atoms with van der Waals surface area (Å²) >= 11 is 0. The summed E-state index contributed by atoms with van der Waals surface area (Å²) in [6.07, 6.45) is 4.75. The molecule has 0 aliphatic rings. The van der Waals surface area contributed by atoms with Crippen molar-refractivity contribution in [3.63, 3.8) is 0 Å². The van der Waals surface area contributed by atoms with Gasteiger partial charge in [0, 0.05) is 11.1 Å². The zero-order valence-electron chi connectivity index (χ0n) is 15.7. The van der Waals surface area contributed by atoms with Crippen LogP contribution in [0.1, 0.15) is 37.7 Å². The van der Waals surface area contributed by atoms with Crippen LogP contribution in [0.5, 0.6) is 5.75 Å². The van der Waals surface area contributed by atoms with Crippen LogP contribution in [0.4, 0.5) is 0 Å². The number of H-pyrrole nitrogens is 3. The smallest absolute Gasteiger partial charge is 0.272 e. The van der Waals surface area contributed by atoms with E-state index in [4.69, 9.17) is 4.74 Å². The number of benzene rings is 1. The van der Waals surface area contributed by atoms with Crippen LogP contribution < -0.4 is 26.6 Å². The Bertz CT molecular complexity index is 1190. The van der Waals surface area contributed by atoms with E-state index >= 15 is 0 Å². The summed E-state index contributed by atoms with van der Waals surface area (Å²) in [5.74, 6) is 0.667. The zero-order chi connectivity index (χ0) is 19.6. The molecule has 0 saturated carbocycles. The molecule has 7 nitrogen and oxygen atoms in total. The molecule has 2 heterocycles. The molecular weight excluding hydrogens is 344 g/mol. The summed E-state index contributed by atoms with van der Waals surface area (Å²) in [5, 5.41) is 0.323. The number of ether oxygens (including phenoxy) is 1. The summed E-state index contributed by atoms with van der Waals surface area (Å²) in [7, 11) is 1.57. The predicted octanol–water partition coefficient (Wildman–Crippen LogP) is 0.750. The first-order valence-electron chi connectivity index (χ1n) is 8.52.